The summed E-state index contributed by atoms with van der Waals surface area (Å²) in [5, 5.41) is 8.52. The molecule has 3 N–H and O–H groups in total. The Kier molecular flexibility index (Phi) is 6.84. The maximum Gasteiger partial charge on any atom is 0.322 e. The molecule has 0 aromatic carbocycles. The number of aliphatic imine (C=N–C) groups is 1. The Hall–Kier alpha value is -2.37. The number of piperidine rings is 1. The molecule has 1 unspecified atom stereocenters. The molecule has 0 aliphatic carbocycles. The van der Waals surface area contributed by atoms with Crippen LogP contribution in [0.15, 0.2) is 35.6 Å². The highest BCUT2D eigenvalue weighted by atomic mass is 127. The zero-order valence-corrected chi connectivity index (χ0v) is 19.6. The predicted molar refractivity (Wildman–Crippen MR) is 125 cm³/mol. The van der Waals surface area contributed by atoms with Gasteiger partial charge in [0.15, 0.2) is 5.96 Å². The van der Waals surface area contributed by atoms with Gasteiger partial charge in [-0.1, -0.05) is 6.07 Å². The van der Waals surface area contributed by atoms with Gasteiger partial charge >= 0.3 is 6.03 Å². The lowest BCUT2D eigenvalue weighted by Crippen LogP contribution is -2.55. The van der Waals surface area contributed by atoms with Gasteiger partial charge in [-0.15, -0.1) is 24.0 Å². The van der Waals surface area contributed by atoms with Crippen LogP contribution in [0.3, 0.4) is 0 Å². The first-order valence-electron chi connectivity index (χ1n) is 10.1. The number of carbonyl (C=O) groups excluding carboxylic acids is 2. The fraction of sp³-hybridized carbons (Fsp3) is 0.500. The van der Waals surface area contributed by atoms with E-state index in [1.54, 1.807) is 0 Å². The van der Waals surface area contributed by atoms with Gasteiger partial charge in [0.2, 0.25) is 0 Å². The number of pyridine rings is 1. The third-order valence-corrected chi connectivity index (χ3v) is 5.82. The molecular weight excluding hydrogens is 497 g/mol. The van der Waals surface area contributed by atoms with Crippen LogP contribution in [0.4, 0.5) is 4.79 Å². The number of likely N-dealkylation sites (tertiary alicyclic amines) is 1. The van der Waals surface area contributed by atoms with Crippen molar-refractivity contribution in [1.82, 2.24) is 30.2 Å². The second kappa shape index (κ2) is 9.19. The minimum atomic E-state index is -0.824. The van der Waals surface area contributed by atoms with E-state index in [0.29, 0.717) is 6.54 Å². The molecule has 2 aromatic heterocycles. The minimum Gasteiger partial charge on any atom is -0.357 e. The number of carbonyl (C=O) groups is 2. The van der Waals surface area contributed by atoms with E-state index in [0.717, 1.165) is 49.8 Å². The summed E-state index contributed by atoms with van der Waals surface area (Å²) in [5.74, 6) is 0.730. The van der Waals surface area contributed by atoms with E-state index in [-0.39, 0.29) is 35.8 Å². The summed E-state index contributed by atoms with van der Waals surface area (Å²) in [5.41, 5.74) is 1.00. The van der Waals surface area contributed by atoms with E-state index >= 15 is 0 Å². The van der Waals surface area contributed by atoms with Crippen molar-refractivity contribution in [3.63, 3.8) is 0 Å². The molecule has 1 atom stereocenters. The van der Waals surface area contributed by atoms with Gasteiger partial charge in [-0.05, 0) is 44.7 Å². The topological polar surface area (TPSA) is 103 Å². The molecule has 4 heterocycles. The summed E-state index contributed by atoms with van der Waals surface area (Å²) in [7, 11) is 0. The molecule has 9 nitrogen and oxygen atoms in total. The summed E-state index contributed by atoms with van der Waals surface area (Å²) in [6.07, 6.45) is 5.59. The smallest absolute Gasteiger partial charge is 0.322 e. The Morgan fingerprint density at radius 2 is 2.10 bits per heavy atom. The van der Waals surface area contributed by atoms with Crippen molar-refractivity contribution < 1.29 is 9.59 Å². The Labute approximate surface area is 192 Å². The number of amides is 3. The quantitative estimate of drug-likeness (QED) is 0.244. The van der Waals surface area contributed by atoms with Crippen LogP contribution >= 0.6 is 24.0 Å². The molecule has 2 fully saturated rings. The maximum absolute atomic E-state index is 12.2. The normalized spacial score (nSPS) is 22.6. The molecule has 2 aromatic rings. The number of imide groups is 1. The number of nitrogens with zero attached hydrogens (tertiary/aromatic N) is 4. The largest absolute Gasteiger partial charge is 0.357 e. The molecule has 2 saturated heterocycles. The standard InChI is InChI=1S/C20H27N7O2.HI/c1-3-21-18(22-12-15-13-27-9-5-4-6-16(27)23-15)26-10-7-14(8-11-26)20(2)17(28)24-19(29)25-20;/h4-6,9,13-14H,3,7-8,10-12H2,1-2H3,(H,21,22)(H2,24,25,28,29);1H. The van der Waals surface area contributed by atoms with E-state index in [1.807, 2.05) is 48.8 Å². The number of hydrogen-bond donors (Lipinski definition) is 3. The highest BCUT2D eigenvalue weighted by molar-refractivity contribution is 14.0. The van der Waals surface area contributed by atoms with E-state index in [4.69, 9.17) is 4.99 Å². The summed E-state index contributed by atoms with van der Waals surface area (Å²) >= 11 is 0. The van der Waals surface area contributed by atoms with Crippen LogP contribution in [-0.4, -0.2) is 57.4 Å². The van der Waals surface area contributed by atoms with Crippen molar-refractivity contribution in [3.8, 4) is 0 Å². The van der Waals surface area contributed by atoms with Gasteiger partial charge in [0.1, 0.15) is 11.2 Å². The lowest BCUT2D eigenvalue weighted by molar-refractivity contribution is -0.125. The molecule has 0 radical (unpaired) electrons. The van der Waals surface area contributed by atoms with Gasteiger partial charge in [0.05, 0.1) is 12.2 Å². The molecule has 10 heteroatoms. The number of imidazole rings is 1. The zero-order valence-electron chi connectivity index (χ0n) is 17.2. The monoisotopic (exact) mass is 525 g/mol. The third-order valence-electron chi connectivity index (χ3n) is 5.82. The molecule has 4 rings (SSSR count). The van der Waals surface area contributed by atoms with Gasteiger partial charge in [0.25, 0.3) is 5.91 Å². The number of guanidine groups is 1. The summed E-state index contributed by atoms with van der Waals surface area (Å²) < 4.78 is 1.99. The summed E-state index contributed by atoms with van der Waals surface area (Å²) in [6.45, 7) is 6.70. The zero-order chi connectivity index (χ0) is 20.4. The van der Waals surface area contributed by atoms with Gasteiger partial charge in [0, 0.05) is 32.0 Å². The summed E-state index contributed by atoms with van der Waals surface area (Å²) in [4.78, 5) is 35.4. The first kappa shape index (κ1) is 22.3. The number of fused-ring (bicyclic) bond motifs is 1. The Bertz CT molecular complexity index is 919. The maximum atomic E-state index is 12.2. The Morgan fingerprint density at radius 3 is 2.73 bits per heavy atom. The van der Waals surface area contributed by atoms with Gasteiger partial charge in [-0.3, -0.25) is 10.1 Å². The number of aromatic nitrogens is 2. The fourth-order valence-electron chi connectivity index (χ4n) is 4.16. The Balaban J connectivity index is 0.00000256. The van der Waals surface area contributed by atoms with E-state index in [1.165, 1.54) is 0 Å². The molecule has 0 spiro atoms. The van der Waals surface area contributed by atoms with Crippen LogP contribution in [-0.2, 0) is 11.3 Å². The Morgan fingerprint density at radius 1 is 1.33 bits per heavy atom. The van der Waals surface area contributed by atoms with Crippen LogP contribution in [0.5, 0.6) is 0 Å². The highest BCUT2D eigenvalue weighted by Crippen LogP contribution is 2.30. The van der Waals surface area contributed by atoms with Crippen molar-refractivity contribution in [2.75, 3.05) is 19.6 Å². The van der Waals surface area contributed by atoms with E-state index in [2.05, 4.69) is 25.8 Å². The van der Waals surface area contributed by atoms with Crippen molar-refractivity contribution in [2.45, 2.75) is 38.8 Å². The molecule has 162 valence electrons. The molecule has 0 bridgehead atoms. The van der Waals surface area contributed by atoms with Gasteiger partial charge in [-0.2, -0.15) is 0 Å². The van der Waals surface area contributed by atoms with Crippen LogP contribution in [0, 0.1) is 5.92 Å². The number of hydrogen-bond acceptors (Lipinski definition) is 4. The number of rotatable bonds is 4. The van der Waals surface area contributed by atoms with Gasteiger partial charge in [-0.25, -0.2) is 14.8 Å². The van der Waals surface area contributed by atoms with Crippen LogP contribution < -0.4 is 16.0 Å². The lowest BCUT2D eigenvalue weighted by Gasteiger charge is -2.39. The van der Waals surface area contributed by atoms with Crippen molar-refractivity contribution >= 4 is 47.5 Å². The number of halogens is 1. The van der Waals surface area contributed by atoms with Crippen molar-refractivity contribution in [1.29, 1.82) is 0 Å². The summed E-state index contributed by atoms with van der Waals surface area (Å²) in [6, 6.07) is 5.52. The van der Waals surface area contributed by atoms with Crippen LogP contribution in [0.1, 0.15) is 32.4 Å². The van der Waals surface area contributed by atoms with Crippen LogP contribution in [0.2, 0.25) is 0 Å². The average Bonchev–Trinajstić information content (AvgIpc) is 3.25. The SMILES string of the molecule is CCNC(=NCc1cn2ccccc2n1)N1CCC(C2(C)NC(=O)NC2=O)CC1.I. The minimum absolute atomic E-state index is 0. The van der Waals surface area contributed by atoms with Gasteiger partial charge < -0.3 is 19.9 Å². The van der Waals surface area contributed by atoms with E-state index in [9.17, 15) is 9.59 Å². The average molecular weight is 525 g/mol. The van der Waals surface area contributed by atoms with Crippen molar-refractivity contribution in [2.24, 2.45) is 10.9 Å². The number of urea groups is 1. The highest BCUT2D eigenvalue weighted by Gasteiger charge is 2.48. The molecule has 2 aliphatic rings. The molecule has 30 heavy (non-hydrogen) atoms. The molecule has 0 saturated carbocycles. The predicted octanol–water partition coefficient (Wildman–Crippen LogP) is 1.73. The first-order chi connectivity index (χ1) is 14.0. The van der Waals surface area contributed by atoms with Crippen molar-refractivity contribution in [3.05, 3.63) is 36.3 Å². The number of nitrogens with one attached hydrogen (secondary N) is 3. The second-order valence-electron chi connectivity index (χ2n) is 7.74. The molecular formula is C20H28IN7O2. The fourth-order valence-corrected chi connectivity index (χ4v) is 4.16. The lowest BCUT2D eigenvalue weighted by atomic mass is 9.79. The first-order valence-corrected chi connectivity index (χ1v) is 10.1. The molecule has 3 amide bonds. The second-order valence-corrected chi connectivity index (χ2v) is 7.74. The third kappa shape index (κ3) is 4.37. The molecule has 2 aliphatic heterocycles. The van der Waals surface area contributed by atoms with E-state index < -0.39 is 11.6 Å². The van der Waals surface area contributed by atoms with Crippen LogP contribution in [0.25, 0.3) is 5.65 Å².